The Labute approximate surface area is 171 Å². The zero-order chi connectivity index (χ0) is 19.9. The fourth-order valence-corrected chi connectivity index (χ4v) is 3.58. The number of ether oxygens (including phenoxy) is 3. The van der Waals surface area contributed by atoms with Crippen LogP contribution in [0.4, 0.5) is 5.82 Å². The third-order valence-corrected chi connectivity index (χ3v) is 4.89. The molecule has 0 bridgehead atoms. The van der Waals surface area contributed by atoms with Gasteiger partial charge in [0.05, 0.1) is 31.5 Å². The summed E-state index contributed by atoms with van der Waals surface area (Å²) in [5.74, 6) is 2.24. The van der Waals surface area contributed by atoms with Gasteiger partial charge < -0.3 is 24.4 Å². The highest BCUT2D eigenvalue weighted by Gasteiger charge is 2.17. The van der Waals surface area contributed by atoms with Gasteiger partial charge in [0.2, 0.25) is 0 Å². The molecule has 0 radical (unpaired) electrons. The normalized spacial score (nSPS) is 16.9. The van der Waals surface area contributed by atoms with Crippen LogP contribution >= 0.6 is 11.6 Å². The number of rotatable bonds is 8. The van der Waals surface area contributed by atoms with Crippen LogP contribution in [0.1, 0.15) is 25.0 Å². The van der Waals surface area contributed by atoms with E-state index in [1.54, 1.807) is 7.11 Å². The van der Waals surface area contributed by atoms with Crippen molar-refractivity contribution >= 4 is 17.4 Å². The van der Waals surface area contributed by atoms with Crippen molar-refractivity contribution in [3.05, 3.63) is 46.6 Å². The van der Waals surface area contributed by atoms with Gasteiger partial charge in [-0.05, 0) is 43.2 Å². The molecule has 152 valence electrons. The summed E-state index contributed by atoms with van der Waals surface area (Å²) in [4.78, 5) is 6.87. The molecule has 0 amide bonds. The summed E-state index contributed by atoms with van der Waals surface area (Å²) in [6.45, 7) is 8.50. The maximum atomic E-state index is 6.31. The van der Waals surface area contributed by atoms with Crippen molar-refractivity contribution in [2.24, 2.45) is 0 Å². The highest BCUT2D eigenvalue weighted by Crippen LogP contribution is 2.36. The minimum Gasteiger partial charge on any atom is -0.491 e. The topological polar surface area (TPSA) is 55.9 Å². The highest BCUT2D eigenvalue weighted by atomic mass is 35.5. The molecule has 28 heavy (non-hydrogen) atoms. The van der Waals surface area contributed by atoms with Crippen molar-refractivity contribution in [3.8, 4) is 11.5 Å². The second kappa shape index (κ2) is 9.96. The van der Waals surface area contributed by atoms with Gasteiger partial charge in [0.1, 0.15) is 5.82 Å². The summed E-state index contributed by atoms with van der Waals surface area (Å²) >= 11 is 6.31. The fourth-order valence-electron chi connectivity index (χ4n) is 3.27. The number of benzene rings is 1. The predicted molar refractivity (Wildman–Crippen MR) is 112 cm³/mol. The maximum Gasteiger partial charge on any atom is 0.179 e. The maximum absolute atomic E-state index is 6.31. The lowest BCUT2D eigenvalue weighted by Crippen LogP contribution is -2.41. The van der Waals surface area contributed by atoms with Crippen LogP contribution in [0.2, 0.25) is 5.02 Å². The number of halogens is 1. The van der Waals surface area contributed by atoms with Crippen molar-refractivity contribution in [2.45, 2.75) is 33.0 Å². The summed E-state index contributed by atoms with van der Waals surface area (Å²) in [6.07, 6.45) is 2.17. The van der Waals surface area contributed by atoms with E-state index in [0.29, 0.717) is 29.7 Å². The van der Waals surface area contributed by atoms with Crippen molar-refractivity contribution in [3.63, 3.8) is 0 Å². The number of anilines is 1. The van der Waals surface area contributed by atoms with Gasteiger partial charge in [0, 0.05) is 32.4 Å². The third kappa shape index (κ3) is 5.28. The Morgan fingerprint density at radius 1 is 1.29 bits per heavy atom. The molecule has 1 aromatic carbocycles. The number of pyridine rings is 1. The smallest absolute Gasteiger partial charge is 0.179 e. The van der Waals surface area contributed by atoms with Gasteiger partial charge in [0.25, 0.3) is 0 Å². The molecule has 0 aliphatic carbocycles. The van der Waals surface area contributed by atoms with Gasteiger partial charge in [-0.3, -0.25) is 0 Å². The monoisotopic (exact) mass is 405 g/mol. The van der Waals surface area contributed by atoms with E-state index in [4.69, 9.17) is 25.8 Å². The molecule has 1 fully saturated rings. The first kappa shape index (κ1) is 20.7. The zero-order valence-corrected chi connectivity index (χ0v) is 17.5. The highest BCUT2D eigenvalue weighted by molar-refractivity contribution is 6.32. The number of hydrogen-bond donors (Lipinski definition) is 1. The average Bonchev–Trinajstić information content (AvgIpc) is 2.69. The standard InChI is InChI=1S/C21H28ClN3O3/c1-4-27-19-10-17(9-18(22)21(19)26-3)12-23-11-16-5-6-20(24-13-16)25-7-8-28-15(2)14-25/h5-6,9-10,13,15,23H,4,7-8,11-12,14H2,1-3H3. The first-order valence-electron chi connectivity index (χ1n) is 9.62. The van der Waals surface area contributed by atoms with Gasteiger partial charge in [-0.1, -0.05) is 17.7 Å². The molecule has 1 N–H and O–H groups in total. The van der Waals surface area contributed by atoms with Gasteiger partial charge >= 0.3 is 0 Å². The Morgan fingerprint density at radius 3 is 2.79 bits per heavy atom. The lowest BCUT2D eigenvalue weighted by atomic mass is 10.2. The van der Waals surface area contributed by atoms with E-state index >= 15 is 0 Å². The fraction of sp³-hybridized carbons (Fsp3) is 0.476. The van der Waals surface area contributed by atoms with Gasteiger partial charge in [-0.25, -0.2) is 4.98 Å². The molecular weight excluding hydrogens is 378 g/mol. The Kier molecular flexibility index (Phi) is 7.36. The van der Waals surface area contributed by atoms with Gasteiger partial charge in [-0.2, -0.15) is 0 Å². The van der Waals surface area contributed by atoms with E-state index < -0.39 is 0 Å². The molecule has 1 aromatic heterocycles. The van der Waals surface area contributed by atoms with Gasteiger partial charge in [-0.15, -0.1) is 0 Å². The number of morpholine rings is 1. The predicted octanol–water partition coefficient (Wildman–Crippen LogP) is 3.66. The Bertz CT molecular complexity index is 770. The first-order chi connectivity index (χ1) is 13.6. The number of methoxy groups -OCH3 is 1. The van der Waals surface area contributed by atoms with Crippen LogP contribution < -0.4 is 19.7 Å². The molecular formula is C21H28ClN3O3. The molecule has 1 aliphatic rings. The molecule has 1 aliphatic heterocycles. The van der Waals surface area contributed by atoms with Crippen molar-refractivity contribution in [1.82, 2.24) is 10.3 Å². The molecule has 6 nitrogen and oxygen atoms in total. The number of aromatic nitrogens is 1. The summed E-state index contributed by atoms with van der Waals surface area (Å²) in [7, 11) is 1.59. The number of nitrogens with zero attached hydrogens (tertiary/aromatic N) is 2. The van der Waals surface area contributed by atoms with Crippen LogP contribution in [0.5, 0.6) is 11.5 Å². The van der Waals surface area contributed by atoms with Gasteiger partial charge in [0.15, 0.2) is 11.5 Å². The van der Waals surface area contributed by atoms with Crippen molar-refractivity contribution in [1.29, 1.82) is 0 Å². The van der Waals surface area contributed by atoms with Crippen LogP contribution in [0.25, 0.3) is 0 Å². The molecule has 1 unspecified atom stereocenters. The van der Waals surface area contributed by atoms with E-state index in [0.717, 1.165) is 43.2 Å². The summed E-state index contributed by atoms with van der Waals surface area (Å²) < 4.78 is 16.5. The zero-order valence-electron chi connectivity index (χ0n) is 16.7. The van der Waals surface area contributed by atoms with E-state index in [9.17, 15) is 0 Å². The molecule has 3 rings (SSSR count). The SMILES string of the molecule is CCOc1cc(CNCc2ccc(N3CCOC(C)C3)nc2)cc(Cl)c1OC. The molecule has 2 aromatic rings. The van der Waals surface area contributed by atoms with E-state index in [1.165, 1.54) is 0 Å². The van der Waals surface area contributed by atoms with Crippen LogP contribution in [-0.2, 0) is 17.8 Å². The Hall–Kier alpha value is -2.02. The summed E-state index contributed by atoms with van der Waals surface area (Å²) in [5.41, 5.74) is 2.18. The summed E-state index contributed by atoms with van der Waals surface area (Å²) in [5, 5.41) is 3.98. The molecule has 0 spiro atoms. The number of hydrogen-bond acceptors (Lipinski definition) is 6. The third-order valence-electron chi connectivity index (χ3n) is 4.61. The minimum absolute atomic E-state index is 0.245. The quantitative estimate of drug-likeness (QED) is 0.723. The average molecular weight is 406 g/mol. The number of nitrogens with one attached hydrogen (secondary N) is 1. The van der Waals surface area contributed by atoms with E-state index in [1.807, 2.05) is 25.3 Å². The van der Waals surface area contributed by atoms with E-state index in [-0.39, 0.29) is 6.10 Å². The molecule has 1 atom stereocenters. The summed E-state index contributed by atoms with van der Waals surface area (Å²) in [6, 6.07) is 8.05. The molecule has 0 saturated carbocycles. The van der Waals surface area contributed by atoms with Crippen LogP contribution in [0, 0.1) is 0 Å². The minimum atomic E-state index is 0.245. The lowest BCUT2D eigenvalue weighted by molar-refractivity contribution is 0.0529. The molecule has 7 heteroatoms. The molecule has 2 heterocycles. The van der Waals surface area contributed by atoms with Crippen LogP contribution in [-0.4, -0.2) is 44.5 Å². The van der Waals surface area contributed by atoms with E-state index in [2.05, 4.69) is 34.3 Å². The lowest BCUT2D eigenvalue weighted by Gasteiger charge is -2.32. The second-order valence-corrected chi connectivity index (χ2v) is 7.20. The first-order valence-corrected chi connectivity index (χ1v) is 10.00. The molecule has 1 saturated heterocycles. The van der Waals surface area contributed by atoms with Crippen molar-refractivity contribution in [2.75, 3.05) is 38.3 Å². The van der Waals surface area contributed by atoms with Crippen LogP contribution in [0.3, 0.4) is 0 Å². The second-order valence-electron chi connectivity index (χ2n) is 6.80. The Morgan fingerprint density at radius 2 is 2.11 bits per heavy atom. The van der Waals surface area contributed by atoms with Crippen molar-refractivity contribution < 1.29 is 14.2 Å². The Balaban J connectivity index is 1.56. The largest absolute Gasteiger partial charge is 0.491 e. The van der Waals surface area contributed by atoms with Crippen LogP contribution in [0.15, 0.2) is 30.5 Å².